The van der Waals surface area contributed by atoms with Gasteiger partial charge < -0.3 is 16.0 Å². The summed E-state index contributed by atoms with van der Waals surface area (Å²) in [5, 5.41) is 3.27. The maximum Gasteiger partial charge on any atom is 0.250 e. The number of benzene rings is 2. The average molecular weight is 309 g/mol. The fourth-order valence-corrected chi connectivity index (χ4v) is 3.16. The molecule has 4 rings (SSSR count). The van der Waals surface area contributed by atoms with Crippen molar-refractivity contribution in [3.05, 3.63) is 72.6 Å². The minimum Gasteiger partial charge on any atom is -0.368 e. The largest absolute Gasteiger partial charge is 0.368 e. The van der Waals surface area contributed by atoms with E-state index in [0.717, 1.165) is 21.2 Å². The molecule has 0 spiro atoms. The lowest BCUT2D eigenvalue weighted by atomic mass is 10.1. The van der Waals surface area contributed by atoms with Crippen LogP contribution in [-0.4, -0.2) is 10.9 Å². The maximum atomic E-state index is 11.4. The first-order valence-corrected chi connectivity index (χ1v) is 7.62. The second-order valence-electron chi connectivity index (χ2n) is 4.65. The highest BCUT2D eigenvalue weighted by Gasteiger charge is 2.19. The van der Waals surface area contributed by atoms with E-state index in [1.54, 1.807) is 17.8 Å². The van der Waals surface area contributed by atoms with Crippen LogP contribution in [0, 0.1) is 0 Å². The molecule has 0 bridgehead atoms. The number of rotatable bonds is 1. The smallest absolute Gasteiger partial charge is 0.250 e. The number of hydrogen-bond donors (Lipinski definition) is 3. The molecule has 0 radical (unpaired) electrons. The molecule has 22 heavy (non-hydrogen) atoms. The van der Waals surface area contributed by atoms with Gasteiger partial charge in [-0.3, -0.25) is 4.79 Å². The number of anilines is 2. The molecule has 3 aromatic rings. The van der Waals surface area contributed by atoms with Crippen LogP contribution < -0.4 is 11.1 Å². The Balaban J connectivity index is 0.000000246. The van der Waals surface area contributed by atoms with Crippen LogP contribution in [0.3, 0.4) is 0 Å². The van der Waals surface area contributed by atoms with Gasteiger partial charge in [0.1, 0.15) is 0 Å². The first kappa shape index (κ1) is 14.3. The minimum atomic E-state index is -0.408. The summed E-state index contributed by atoms with van der Waals surface area (Å²) in [5.74, 6) is -0.408. The van der Waals surface area contributed by atoms with Gasteiger partial charge in [0, 0.05) is 22.2 Å². The second kappa shape index (κ2) is 6.41. The molecule has 0 saturated heterocycles. The number of aromatic nitrogens is 1. The van der Waals surface area contributed by atoms with Crippen LogP contribution in [0.15, 0.2) is 76.8 Å². The summed E-state index contributed by atoms with van der Waals surface area (Å²) in [6.07, 6.45) is 3.75. The fourth-order valence-electron chi connectivity index (χ4n) is 2.14. The van der Waals surface area contributed by atoms with Gasteiger partial charge in [0.05, 0.1) is 16.9 Å². The monoisotopic (exact) mass is 309 g/mol. The number of nitrogens with one attached hydrogen (secondary N) is 2. The highest BCUT2D eigenvalue weighted by atomic mass is 32.2. The van der Waals surface area contributed by atoms with E-state index in [-0.39, 0.29) is 0 Å². The van der Waals surface area contributed by atoms with Crippen molar-refractivity contribution in [1.82, 2.24) is 4.98 Å². The summed E-state index contributed by atoms with van der Waals surface area (Å²) in [6, 6.07) is 17.5. The molecular formula is C17H15N3OS. The van der Waals surface area contributed by atoms with Crippen molar-refractivity contribution >= 4 is 29.0 Å². The molecule has 1 aliphatic heterocycles. The van der Waals surface area contributed by atoms with Gasteiger partial charge in [-0.05, 0) is 36.4 Å². The van der Waals surface area contributed by atoms with Gasteiger partial charge in [0.25, 0.3) is 5.91 Å². The zero-order chi connectivity index (χ0) is 15.4. The summed E-state index contributed by atoms with van der Waals surface area (Å²) in [6.45, 7) is 0. The molecule has 2 aromatic carbocycles. The number of carbonyl (C=O) groups is 1. The third kappa shape index (κ3) is 2.99. The lowest BCUT2D eigenvalue weighted by Crippen LogP contribution is -2.14. The Morgan fingerprint density at radius 1 is 0.909 bits per heavy atom. The van der Waals surface area contributed by atoms with Crippen LogP contribution in [0.4, 0.5) is 11.4 Å². The normalized spacial score (nSPS) is 11.3. The topological polar surface area (TPSA) is 70.9 Å². The van der Waals surface area contributed by atoms with Gasteiger partial charge in [-0.1, -0.05) is 30.0 Å². The summed E-state index contributed by atoms with van der Waals surface area (Å²) in [4.78, 5) is 16.4. The van der Waals surface area contributed by atoms with E-state index in [1.165, 1.54) is 0 Å². The van der Waals surface area contributed by atoms with Crippen molar-refractivity contribution in [2.45, 2.75) is 9.79 Å². The van der Waals surface area contributed by atoms with E-state index in [9.17, 15) is 4.79 Å². The van der Waals surface area contributed by atoms with Crippen LogP contribution in [0.1, 0.15) is 10.4 Å². The van der Waals surface area contributed by atoms with Crippen LogP contribution in [0.25, 0.3) is 0 Å². The van der Waals surface area contributed by atoms with Crippen LogP contribution in [0.2, 0.25) is 0 Å². The van der Waals surface area contributed by atoms with Crippen molar-refractivity contribution in [3.63, 3.8) is 0 Å². The predicted octanol–water partition coefficient (Wildman–Crippen LogP) is 4.01. The van der Waals surface area contributed by atoms with E-state index >= 15 is 0 Å². The third-order valence-electron chi connectivity index (χ3n) is 3.15. The number of carbonyl (C=O) groups excluding carboxylic acids is 1. The van der Waals surface area contributed by atoms with Crippen LogP contribution in [-0.2, 0) is 0 Å². The molecule has 5 heteroatoms. The molecule has 0 aliphatic carbocycles. The quantitative estimate of drug-likeness (QED) is 0.497. The number of fused-ring (bicyclic) bond motifs is 2. The molecule has 0 saturated carbocycles. The molecular weight excluding hydrogens is 294 g/mol. The van der Waals surface area contributed by atoms with Gasteiger partial charge in [-0.15, -0.1) is 0 Å². The predicted molar refractivity (Wildman–Crippen MR) is 89.6 cm³/mol. The van der Waals surface area contributed by atoms with E-state index < -0.39 is 5.91 Å². The van der Waals surface area contributed by atoms with Crippen molar-refractivity contribution < 1.29 is 4.79 Å². The molecule has 1 amide bonds. The Hall–Kier alpha value is -2.66. The molecule has 110 valence electrons. The van der Waals surface area contributed by atoms with Crippen molar-refractivity contribution in [2.24, 2.45) is 5.73 Å². The van der Waals surface area contributed by atoms with Gasteiger partial charge in [0.2, 0.25) is 0 Å². The Morgan fingerprint density at radius 3 is 2.32 bits per heavy atom. The Morgan fingerprint density at radius 2 is 1.64 bits per heavy atom. The van der Waals surface area contributed by atoms with E-state index in [2.05, 4.69) is 10.3 Å². The zero-order valence-corrected chi connectivity index (χ0v) is 12.6. The van der Waals surface area contributed by atoms with E-state index in [0.29, 0.717) is 5.56 Å². The minimum absolute atomic E-state index is 0.408. The Kier molecular flexibility index (Phi) is 4.16. The lowest BCUT2D eigenvalue weighted by Gasteiger charge is -2.22. The molecule has 0 atom stereocenters. The van der Waals surface area contributed by atoms with E-state index in [1.807, 2.05) is 60.9 Å². The first-order chi connectivity index (χ1) is 10.8. The fraction of sp³-hybridized carbons (Fsp3) is 0. The van der Waals surface area contributed by atoms with Crippen molar-refractivity contribution in [1.29, 1.82) is 0 Å². The second-order valence-corrected chi connectivity index (χ2v) is 5.73. The molecule has 4 nitrogen and oxygen atoms in total. The average Bonchev–Trinajstić information content (AvgIpc) is 3.12. The first-order valence-electron chi connectivity index (χ1n) is 6.80. The third-order valence-corrected chi connectivity index (χ3v) is 4.29. The molecule has 0 unspecified atom stereocenters. The Labute approximate surface area is 132 Å². The number of H-pyrrole nitrogens is 1. The SMILES string of the molecule is NC(=O)c1cccc2c1Nc1ccccc1S2.c1cc[nH]c1. The lowest BCUT2D eigenvalue weighted by molar-refractivity contribution is 0.100. The summed E-state index contributed by atoms with van der Waals surface area (Å²) in [7, 11) is 0. The molecule has 1 aromatic heterocycles. The summed E-state index contributed by atoms with van der Waals surface area (Å²) in [5.41, 5.74) is 7.72. The standard InChI is InChI=1S/C13H10N2OS.C4H5N/c14-13(16)8-4-3-7-11-12(8)15-9-5-1-2-6-10(9)17-11;1-2-4-5-3-1/h1-7,15H,(H2,14,16);1-5H. The van der Waals surface area contributed by atoms with Gasteiger partial charge in [0.15, 0.2) is 0 Å². The number of aromatic amines is 1. The van der Waals surface area contributed by atoms with Gasteiger partial charge >= 0.3 is 0 Å². The molecule has 1 aliphatic rings. The van der Waals surface area contributed by atoms with Crippen LogP contribution >= 0.6 is 11.8 Å². The van der Waals surface area contributed by atoms with E-state index in [4.69, 9.17) is 5.73 Å². The van der Waals surface area contributed by atoms with Gasteiger partial charge in [-0.25, -0.2) is 0 Å². The van der Waals surface area contributed by atoms with Gasteiger partial charge in [-0.2, -0.15) is 0 Å². The maximum absolute atomic E-state index is 11.4. The highest BCUT2D eigenvalue weighted by Crippen LogP contribution is 2.45. The summed E-state index contributed by atoms with van der Waals surface area (Å²) < 4.78 is 0. The van der Waals surface area contributed by atoms with Crippen LogP contribution in [0.5, 0.6) is 0 Å². The number of primary amides is 1. The zero-order valence-electron chi connectivity index (χ0n) is 11.7. The number of para-hydroxylation sites is 2. The number of hydrogen-bond acceptors (Lipinski definition) is 3. The Bertz CT molecular complexity index is 767. The highest BCUT2D eigenvalue weighted by molar-refractivity contribution is 7.99. The summed E-state index contributed by atoms with van der Waals surface area (Å²) >= 11 is 1.64. The number of nitrogens with two attached hydrogens (primary N) is 1. The molecule has 4 N–H and O–H groups in total. The van der Waals surface area contributed by atoms with Crippen molar-refractivity contribution in [2.75, 3.05) is 5.32 Å². The molecule has 0 fully saturated rings. The number of amides is 1. The molecule has 2 heterocycles. The van der Waals surface area contributed by atoms with Crippen molar-refractivity contribution in [3.8, 4) is 0 Å².